The van der Waals surface area contributed by atoms with Crippen LogP contribution in [0.15, 0.2) is 85.1 Å². The second-order valence-electron chi connectivity index (χ2n) is 17.8. The average molecular weight is 948 g/mol. The number of hydrogen-bond acceptors (Lipinski definition) is 17. The standard InChI is InChI=1S/C49H73NO17/c1-29-17-15-13-11-9-7-5-6-8-10-12-14-16-18-36(64-22-21-40-47(60)44(50)46(59)32(4)65-40)26-41-43(48(61)62)39(56)28-49(63,67-41)27-35(53)24-38(55)37(54)20-19-33(51)23-34(52)25-42(57)66-31(3)30(2)45(29)58/h5-18,29-41,43-47,51-56,58-60,63H,19-20,23-28,50H2,1-4H3,(H,61,62)/b6-5+,9-7+,10-8+,13-11+,14-12+,17-15+,18-16+/t29-,30-,31-,32+,33?,34?,35?,36?,37?,38?,39-,40?,41-,43?,44-,45?,46?,47?,49?/m0/s1. The van der Waals surface area contributed by atoms with E-state index in [-0.39, 0.29) is 31.6 Å². The largest absolute Gasteiger partial charge is 0.481 e. The van der Waals surface area contributed by atoms with E-state index >= 15 is 0 Å². The van der Waals surface area contributed by atoms with Gasteiger partial charge in [0, 0.05) is 37.5 Å². The van der Waals surface area contributed by atoms with Gasteiger partial charge in [-0.25, -0.2) is 0 Å². The summed E-state index contributed by atoms with van der Waals surface area (Å²) in [5, 5.41) is 118. The van der Waals surface area contributed by atoms with Crippen LogP contribution in [0.1, 0.15) is 79.1 Å². The van der Waals surface area contributed by atoms with Crippen LogP contribution >= 0.6 is 0 Å². The van der Waals surface area contributed by atoms with Gasteiger partial charge in [0.15, 0.2) is 5.79 Å². The molecular formula is C49H73NO17. The number of ether oxygens (including phenoxy) is 4. The average Bonchev–Trinajstić information content (AvgIpc) is 3.24. The Hall–Kier alpha value is -4.04. The highest BCUT2D eigenvalue weighted by atomic mass is 16.6. The number of carbonyl (C=O) groups excluding carboxylic acids is 1. The van der Waals surface area contributed by atoms with Crippen LogP contribution in [0.2, 0.25) is 0 Å². The minimum absolute atomic E-state index is 0.107. The van der Waals surface area contributed by atoms with Crippen molar-refractivity contribution in [2.24, 2.45) is 23.5 Å². The van der Waals surface area contributed by atoms with Gasteiger partial charge in [0.1, 0.15) is 36.4 Å². The maximum Gasteiger partial charge on any atom is 0.311 e. The normalized spacial score (nSPS) is 44.2. The lowest BCUT2D eigenvalue weighted by Crippen LogP contribution is -2.60. The molecule has 18 heteroatoms. The topological polar surface area (TPSA) is 320 Å². The van der Waals surface area contributed by atoms with E-state index in [1.807, 2.05) is 25.2 Å². The number of allylic oxidation sites excluding steroid dienone is 12. The number of aliphatic carboxylic acids is 1. The molecule has 3 aliphatic rings. The lowest BCUT2D eigenvalue weighted by Gasteiger charge is -2.44. The van der Waals surface area contributed by atoms with Gasteiger partial charge in [-0.05, 0) is 45.1 Å². The monoisotopic (exact) mass is 947 g/mol. The fraction of sp³-hybridized carbons (Fsp3) is 0.633. The smallest absolute Gasteiger partial charge is 0.311 e. The third kappa shape index (κ3) is 19.5. The number of fused-ring (bicyclic) bond motifs is 2. The summed E-state index contributed by atoms with van der Waals surface area (Å²) in [6.07, 6.45) is 6.61. The summed E-state index contributed by atoms with van der Waals surface area (Å²) < 4.78 is 22.7. The summed E-state index contributed by atoms with van der Waals surface area (Å²) in [5.74, 6) is -4.17. The summed E-state index contributed by atoms with van der Waals surface area (Å²) in [5.41, 5.74) is 5.93. The van der Waals surface area contributed by atoms with E-state index in [2.05, 4.69) is 12.0 Å². The predicted octanol–water partition coefficient (Wildman–Crippen LogP) is 0.715. The molecular weight excluding hydrogens is 875 g/mol. The molecule has 19 atom stereocenters. The molecule has 3 rings (SSSR count). The molecule has 18 nitrogen and oxygen atoms in total. The Morgan fingerprint density at radius 3 is 1.87 bits per heavy atom. The Kier molecular flexibility index (Phi) is 24.3. The molecule has 13 N–H and O–H groups in total. The first-order valence-electron chi connectivity index (χ1n) is 22.8. The summed E-state index contributed by atoms with van der Waals surface area (Å²) in [7, 11) is 0. The van der Waals surface area contributed by atoms with E-state index in [9.17, 15) is 65.8 Å². The predicted molar refractivity (Wildman–Crippen MR) is 245 cm³/mol. The number of carboxylic acid groups (broad SMARTS) is 1. The highest BCUT2D eigenvalue weighted by Gasteiger charge is 2.50. The van der Waals surface area contributed by atoms with Crippen LogP contribution in [0.3, 0.4) is 0 Å². The van der Waals surface area contributed by atoms with E-state index in [0.717, 1.165) is 0 Å². The molecule has 12 unspecified atom stereocenters. The Morgan fingerprint density at radius 2 is 1.27 bits per heavy atom. The third-order valence-electron chi connectivity index (χ3n) is 12.2. The van der Waals surface area contributed by atoms with E-state index in [4.69, 9.17) is 24.7 Å². The molecule has 2 saturated heterocycles. The fourth-order valence-electron chi connectivity index (χ4n) is 8.00. The van der Waals surface area contributed by atoms with Crippen molar-refractivity contribution in [1.82, 2.24) is 0 Å². The Labute approximate surface area is 392 Å². The lowest BCUT2D eigenvalue weighted by molar-refractivity contribution is -0.300. The summed E-state index contributed by atoms with van der Waals surface area (Å²) in [6, 6.07) is -1.06. The van der Waals surface area contributed by atoms with Crippen LogP contribution < -0.4 is 5.73 Å². The third-order valence-corrected chi connectivity index (χ3v) is 12.2. The number of aliphatic hydroxyl groups excluding tert-OH is 9. The van der Waals surface area contributed by atoms with Gasteiger partial charge in [0.2, 0.25) is 0 Å². The lowest BCUT2D eigenvalue weighted by atomic mass is 9.82. The molecule has 376 valence electrons. The summed E-state index contributed by atoms with van der Waals surface area (Å²) >= 11 is 0. The van der Waals surface area contributed by atoms with Crippen LogP contribution in [0.4, 0.5) is 0 Å². The maximum atomic E-state index is 12.6. The number of cyclic esters (lactones) is 1. The molecule has 3 aliphatic heterocycles. The number of carbonyl (C=O) groups is 2. The molecule has 2 fully saturated rings. The molecule has 0 radical (unpaired) electrons. The number of nitrogens with two attached hydrogens (primary N) is 1. The first kappa shape index (κ1) is 57.3. The molecule has 0 aliphatic carbocycles. The van der Waals surface area contributed by atoms with Gasteiger partial charge in [0.05, 0.1) is 73.5 Å². The molecule has 0 amide bonds. The number of carboxylic acids is 1. The van der Waals surface area contributed by atoms with Crippen LogP contribution in [0, 0.1) is 29.8 Å². The maximum absolute atomic E-state index is 12.6. The van der Waals surface area contributed by atoms with Crippen molar-refractivity contribution in [3.63, 3.8) is 0 Å². The zero-order valence-corrected chi connectivity index (χ0v) is 38.6. The minimum Gasteiger partial charge on any atom is -0.481 e. The molecule has 67 heavy (non-hydrogen) atoms. The quantitative estimate of drug-likeness (QED) is 0.134. The number of esters is 1. The van der Waals surface area contributed by atoms with Crippen LogP contribution in [0.5, 0.6) is 0 Å². The van der Waals surface area contributed by atoms with Gasteiger partial charge in [-0.15, -0.1) is 0 Å². The Bertz CT molecular complexity index is 1800. The van der Waals surface area contributed by atoms with Gasteiger partial charge < -0.3 is 80.9 Å². The summed E-state index contributed by atoms with van der Waals surface area (Å²) in [4.78, 5) is 25.1. The van der Waals surface area contributed by atoms with Crippen molar-refractivity contribution < 1.29 is 84.7 Å². The highest BCUT2D eigenvalue weighted by Crippen LogP contribution is 2.37. The van der Waals surface area contributed by atoms with E-state index < -0.39 is 147 Å². The number of rotatable bonds is 2. The molecule has 2 bridgehead atoms. The molecule has 0 aromatic rings. The molecule has 0 saturated carbocycles. The highest BCUT2D eigenvalue weighted by molar-refractivity contribution is 5.71. The van der Waals surface area contributed by atoms with Gasteiger partial charge in [-0.2, -0.15) is 0 Å². The molecule has 3 heterocycles. The SMILES string of the molecule is C[C@@H]1OC(=O)CC(O)CC(O)CCC(O)C(O)CC(O)CC2(O)C[C@H](O)C(C(=O)O)[C@H](CC(OC#CC3O[C@H](C)C(O)[C@H](N)C3O)/C=C/C=C/C=C/C=C/C=C/C=C/C=C/[C@H](C)C(O)[C@H]1C)O2. The van der Waals surface area contributed by atoms with E-state index in [1.165, 1.54) is 6.08 Å². The van der Waals surface area contributed by atoms with Gasteiger partial charge in [-0.1, -0.05) is 92.8 Å². The second kappa shape index (κ2) is 28.5. The van der Waals surface area contributed by atoms with Gasteiger partial charge in [0.25, 0.3) is 0 Å². The minimum atomic E-state index is -2.31. The van der Waals surface area contributed by atoms with Crippen molar-refractivity contribution in [2.75, 3.05) is 0 Å². The second-order valence-corrected chi connectivity index (χ2v) is 17.8. The van der Waals surface area contributed by atoms with Gasteiger partial charge in [-0.3, -0.25) is 9.59 Å². The zero-order valence-electron chi connectivity index (χ0n) is 38.6. The van der Waals surface area contributed by atoms with Crippen molar-refractivity contribution in [1.29, 1.82) is 0 Å². The number of aliphatic hydroxyl groups is 10. The fourth-order valence-corrected chi connectivity index (χ4v) is 8.00. The molecule has 0 aromatic carbocycles. The Morgan fingerprint density at radius 1 is 0.687 bits per heavy atom. The first-order valence-corrected chi connectivity index (χ1v) is 22.8. The van der Waals surface area contributed by atoms with Crippen LogP contribution in [-0.2, 0) is 28.5 Å². The van der Waals surface area contributed by atoms with Crippen molar-refractivity contribution >= 4 is 11.9 Å². The van der Waals surface area contributed by atoms with Crippen molar-refractivity contribution in [3.05, 3.63) is 85.1 Å². The molecule has 0 spiro atoms. The van der Waals surface area contributed by atoms with Gasteiger partial charge >= 0.3 is 11.9 Å². The van der Waals surface area contributed by atoms with Crippen LogP contribution in [-0.4, -0.2) is 165 Å². The van der Waals surface area contributed by atoms with E-state index in [1.54, 1.807) is 81.5 Å². The first-order chi connectivity index (χ1) is 31.6. The summed E-state index contributed by atoms with van der Waals surface area (Å²) in [6.45, 7) is 6.77. The van der Waals surface area contributed by atoms with E-state index in [0.29, 0.717) is 0 Å². The van der Waals surface area contributed by atoms with Crippen molar-refractivity contribution in [2.45, 2.75) is 176 Å². The van der Waals surface area contributed by atoms with Crippen molar-refractivity contribution in [3.8, 4) is 12.0 Å². The number of hydrogen-bond donors (Lipinski definition) is 12. The molecule has 0 aromatic heterocycles. The zero-order chi connectivity index (χ0) is 49.8. The Balaban J connectivity index is 1.86. The van der Waals surface area contributed by atoms with Crippen LogP contribution in [0.25, 0.3) is 0 Å².